The molecular formula is C19H21NO. The molecule has 0 unspecified atom stereocenters. The molecule has 0 aliphatic rings. The van der Waals surface area contributed by atoms with Crippen LogP contribution in [0.2, 0.25) is 0 Å². The number of unbranched alkanes of at least 4 members (excludes halogenated alkanes) is 1. The lowest BCUT2D eigenvalue weighted by Crippen LogP contribution is -2.09. The van der Waals surface area contributed by atoms with Crippen LogP contribution in [0.4, 0.5) is 5.69 Å². The minimum Gasteiger partial charge on any atom is -0.322 e. The summed E-state index contributed by atoms with van der Waals surface area (Å²) >= 11 is 0. The summed E-state index contributed by atoms with van der Waals surface area (Å²) < 4.78 is 0. The predicted molar refractivity (Wildman–Crippen MR) is 89.2 cm³/mol. The maximum absolute atomic E-state index is 12.0. The Labute approximate surface area is 126 Å². The van der Waals surface area contributed by atoms with Gasteiger partial charge >= 0.3 is 0 Å². The van der Waals surface area contributed by atoms with Gasteiger partial charge in [0, 0.05) is 11.8 Å². The van der Waals surface area contributed by atoms with Crippen LogP contribution in [-0.2, 0) is 11.2 Å². The summed E-state index contributed by atoms with van der Waals surface area (Å²) in [4.78, 5) is 12.0. The molecule has 0 heterocycles. The van der Waals surface area contributed by atoms with Crippen molar-refractivity contribution in [3.8, 4) is 0 Å². The maximum atomic E-state index is 12.0. The largest absolute Gasteiger partial charge is 0.322 e. The number of hydrogen-bond acceptors (Lipinski definition) is 1. The normalized spacial score (nSPS) is 10.7. The molecule has 0 aliphatic carbocycles. The van der Waals surface area contributed by atoms with Gasteiger partial charge in [-0.3, -0.25) is 4.79 Å². The van der Waals surface area contributed by atoms with E-state index >= 15 is 0 Å². The van der Waals surface area contributed by atoms with E-state index in [0.29, 0.717) is 0 Å². The maximum Gasteiger partial charge on any atom is 0.248 e. The topological polar surface area (TPSA) is 29.1 Å². The molecule has 0 atom stereocenters. The van der Waals surface area contributed by atoms with Crippen molar-refractivity contribution in [3.05, 3.63) is 71.8 Å². The number of benzene rings is 2. The number of carbonyl (C=O) groups excluding carboxylic acids is 1. The highest BCUT2D eigenvalue weighted by Crippen LogP contribution is 2.17. The van der Waals surface area contributed by atoms with E-state index in [9.17, 15) is 4.79 Å². The fraction of sp³-hybridized carbons (Fsp3) is 0.211. The number of hydrogen-bond donors (Lipinski definition) is 1. The first kappa shape index (κ1) is 15.0. The van der Waals surface area contributed by atoms with Gasteiger partial charge in [0.05, 0.1) is 0 Å². The van der Waals surface area contributed by atoms with E-state index in [-0.39, 0.29) is 5.91 Å². The van der Waals surface area contributed by atoms with Crippen LogP contribution in [0, 0.1) is 0 Å². The quantitative estimate of drug-likeness (QED) is 0.764. The summed E-state index contributed by atoms with van der Waals surface area (Å²) in [6, 6.07) is 17.8. The summed E-state index contributed by atoms with van der Waals surface area (Å²) in [5, 5.41) is 2.96. The SMILES string of the molecule is CCCCc1ccccc1NC(=O)C=Cc1ccccc1. The van der Waals surface area contributed by atoms with Crippen LogP contribution in [0.5, 0.6) is 0 Å². The highest BCUT2D eigenvalue weighted by atomic mass is 16.1. The summed E-state index contributed by atoms with van der Waals surface area (Å²) in [5.41, 5.74) is 3.13. The highest BCUT2D eigenvalue weighted by molar-refractivity contribution is 6.02. The monoisotopic (exact) mass is 279 g/mol. The fourth-order valence-corrected chi connectivity index (χ4v) is 2.14. The van der Waals surface area contributed by atoms with Gasteiger partial charge in [0.2, 0.25) is 5.91 Å². The zero-order valence-electron chi connectivity index (χ0n) is 12.4. The Morgan fingerprint density at radius 1 is 1.05 bits per heavy atom. The number of anilines is 1. The lowest BCUT2D eigenvalue weighted by atomic mass is 10.1. The third kappa shape index (κ3) is 4.92. The third-order valence-corrected chi connectivity index (χ3v) is 3.30. The van der Waals surface area contributed by atoms with Gasteiger partial charge < -0.3 is 5.32 Å². The molecule has 2 aromatic rings. The third-order valence-electron chi connectivity index (χ3n) is 3.30. The van der Waals surface area contributed by atoms with Crippen LogP contribution in [-0.4, -0.2) is 5.91 Å². The minimum atomic E-state index is -0.0946. The van der Waals surface area contributed by atoms with Gasteiger partial charge in [-0.2, -0.15) is 0 Å². The number of aryl methyl sites for hydroxylation is 1. The molecule has 1 N–H and O–H groups in total. The second-order valence-electron chi connectivity index (χ2n) is 4.99. The van der Waals surface area contributed by atoms with E-state index in [1.54, 1.807) is 6.08 Å². The van der Waals surface area contributed by atoms with Gasteiger partial charge in [-0.15, -0.1) is 0 Å². The van der Waals surface area contributed by atoms with Crippen molar-refractivity contribution >= 4 is 17.7 Å². The highest BCUT2D eigenvalue weighted by Gasteiger charge is 2.03. The molecule has 21 heavy (non-hydrogen) atoms. The van der Waals surface area contributed by atoms with Crippen LogP contribution in [0.1, 0.15) is 30.9 Å². The van der Waals surface area contributed by atoms with Crippen molar-refractivity contribution in [1.29, 1.82) is 0 Å². The minimum absolute atomic E-state index is 0.0946. The van der Waals surface area contributed by atoms with E-state index in [0.717, 1.165) is 30.5 Å². The molecule has 0 saturated carbocycles. The summed E-state index contributed by atoms with van der Waals surface area (Å²) in [7, 11) is 0. The zero-order chi connectivity index (χ0) is 14.9. The van der Waals surface area contributed by atoms with Gasteiger partial charge in [-0.25, -0.2) is 0 Å². The number of amides is 1. The van der Waals surface area contributed by atoms with Crippen molar-refractivity contribution in [2.24, 2.45) is 0 Å². The van der Waals surface area contributed by atoms with Gasteiger partial charge in [0.1, 0.15) is 0 Å². The average Bonchev–Trinajstić information content (AvgIpc) is 2.53. The second-order valence-corrected chi connectivity index (χ2v) is 4.99. The Kier molecular flexibility index (Phi) is 5.77. The van der Waals surface area contributed by atoms with Crippen molar-refractivity contribution in [1.82, 2.24) is 0 Å². The smallest absolute Gasteiger partial charge is 0.248 e. The van der Waals surface area contributed by atoms with Crippen LogP contribution >= 0.6 is 0 Å². The van der Waals surface area contributed by atoms with E-state index < -0.39 is 0 Å². The van der Waals surface area contributed by atoms with Crippen molar-refractivity contribution < 1.29 is 4.79 Å². The molecule has 0 saturated heterocycles. The first-order valence-corrected chi connectivity index (χ1v) is 7.41. The molecule has 2 nitrogen and oxygen atoms in total. The molecule has 2 heteroatoms. The Bertz CT molecular complexity index is 602. The summed E-state index contributed by atoms with van der Waals surface area (Å²) in [6.45, 7) is 2.17. The second kappa shape index (κ2) is 8.05. The fourth-order valence-electron chi connectivity index (χ4n) is 2.14. The number of para-hydroxylation sites is 1. The number of nitrogens with one attached hydrogen (secondary N) is 1. The van der Waals surface area contributed by atoms with Crippen molar-refractivity contribution in [2.75, 3.05) is 5.32 Å². The Morgan fingerprint density at radius 3 is 2.52 bits per heavy atom. The van der Waals surface area contributed by atoms with Crippen LogP contribution in [0.3, 0.4) is 0 Å². The molecule has 0 aliphatic heterocycles. The zero-order valence-corrected chi connectivity index (χ0v) is 12.4. The average molecular weight is 279 g/mol. The molecule has 1 amide bonds. The van der Waals surface area contributed by atoms with E-state index in [2.05, 4.69) is 18.3 Å². The van der Waals surface area contributed by atoms with Gasteiger partial charge in [0.25, 0.3) is 0 Å². The van der Waals surface area contributed by atoms with Crippen molar-refractivity contribution in [3.63, 3.8) is 0 Å². The lowest BCUT2D eigenvalue weighted by molar-refractivity contribution is -0.111. The molecule has 0 bridgehead atoms. The molecule has 0 aromatic heterocycles. The standard InChI is InChI=1S/C19H21NO/c1-2-3-11-17-12-7-8-13-18(17)20-19(21)15-14-16-9-5-4-6-10-16/h4-10,12-15H,2-3,11H2,1H3,(H,20,21). The van der Waals surface area contributed by atoms with Crippen molar-refractivity contribution in [2.45, 2.75) is 26.2 Å². The summed E-state index contributed by atoms with van der Waals surface area (Å²) in [6.07, 6.45) is 6.67. The first-order chi connectivity index (χ1) is 10.3. The van der Waals surface area contributed by atoms with Gasteiger partial charge in [-0.1, -0.05) is 61.9 Å². The predicted octanol–water partition coefficient (Wildman–Crippen LogP) is 4.68. The molecule has 108 valence electrons. The van der Waals surface area contributed by atoms with E-state index in [1.807, 2.05) is 54.6 Å². The molecule has 2 aromatic carbocycles. The lowest BCUT2D eigenvalue weighted by Gasteiger charge is -2.09. The van der Waals surface area contributed by atoms with Crippen LogP contribution in [0.15, 0.2) is 60.7 Å². The molecule has 0 radical (unpaired) electrons. The number of carbonyl (C=O) groups is 1. The Morgan fingerprint density at radius 2 is 1.76 bits per heavy atom. The first-order valence-electron chi connectivity index (χ1n) is 7.41. The molecular weight excluding hydrogens is 258 g/mol. The molecule has 0 spiro atoms. The van der Waals surface area contributed by atoms with Gasteiger partial charge in [-0.05, 0) is 36.1 Å². The van der Waals surface area contributed by atoms with Gasteiger partial charge in [0.15, 0.2) is 0 Å². The Hall–Kier alpha value is -2.35. The van der Waals surface area contributed by atoms with E-state index in [1.165, 1.54) is 5.56 Å². The van der Waals surface area contributed by atoms with E-state index in [4.69, 9.17) is 0 Å². The van der Waals surface area contributed by atoms with Crippen LogP contribution < -0.4 is 5.32 Å². The molecule has 2 rings (SSSR count). The van der Waals surface area contributed by atoms with Crippen LogP contribution in [0.25, 0.3) is 6.08 Å². The number of rotatable bonds is 6. The molecule has 0 fully saturated rings. The Balaban J connectivity index is 2.01. The summed E-state index contributed by atoms with van der Waals surface area (Å²) in [5.74, 6) is -0.0946.